The topological polar surface area (TPSA) is 69.6 Å². The second kappa shape index (κ2) is 7.26. The molecule has 1 aromatic carbocycles. The van der Waals surface area contributed by atoms with E-state index in [1.807, 2.05) is 12.1 Å². The Kier molecular flexibility index (Phi) is 5.99. The lowest BCUT2D eigenvalue weighted by Gasteiger charge is -2.25. The van der Waals surface area contributed by atoms with Crippen molar-refractivity contribution >= 4 is 5.97 Å². The predicted octanol–water partition coefficient (Wildman–Crippen LogP) is 2.27. The molecule has 0 saturated carbocycles. The largest absolute Gasteiger partial charge is 0.478 e. The molecule has 0 spiro atoms. The molecule has 0 aliphatic rings. The highest BCUT2D eigenvalue weighted by atomic mass is 16.4. The Morgan fingerprint density at radius 2 is 2.00 bits per heavy atom. The fourth-order valence-electron chi connectivity index (χ4n) is 2.06. The lowest BCUT2D eigenvalue weighted by molar-refractivity contribution is 0.0695. The molecule has 1 aromatic rings. The van der Waals surface area contributed by atoms with Crippen LogP contribution in [0.3, 0.4) is 0 Å². The third kappa shape index (κ3) is 5.41. The number of rotatable bonds is 8. The monoisotopic (exact) mass is 265 g/mol. The maximum Gasteiger partial charge on any atom is 0.336 e. The summed E-state index contributed by atoms with van der Waals surface area (Å²) in [6.07, 6.45) is 1.73. The minimum atomic E-state index is -0.892. The first-order valence-electron chi connectivity index (χ1n) is 6.59. The highest BCUT2D eigenvalue weighted by molar-refractivity contribution is 5.89. The first-order valence-corrected chi connectivity index (χ1v) is 6.59. The van der Waals surface area contributed by atoms with Crippen LogP contribution in [0, 0.1) is 5.41 Å². The number of hydrogen-bond acceptors (Lipinski definition) is 3. The van der Waals surface area contributed by atoms with Crippen molar-refractivity contribution in [2.45, 2.75) is 33.2 Å². The first kappa shape index (κ1) is 15.7. The molecule has 4 nitrogen and oxygen atoms in total. The van der Waals surface area contributed by atoms with Gasteiger partial charge in [0.2, 0.25) is 0 Å². The molecule has 106 valence electrons. The number of nitrogens with one attached hydrogen (secondary N) is 1. The summed E-state index contributed by atoms with van der Waals surface area (Å²) in [5, 5.41) is 21.2. The van der Waals surface area contributed by atoms with E-state index in [4.69, 9.17) is 10.2 Å². The van der Waals surface area contributed by atoms with Gasteiger partial charge in [0.1, 0.15) is 0 Å². The second-order valence-corrected chi connectivity index (χ2v) is 5.56. The quantitative estimate of drug-likeness (QED) is 0.674. The van der Waals surface area contributed by atoms with Gasteiger partial charge >= 0.3 is 5.97 Å². The van der Waals surface area contributed by atoms with Crippen LogP contribution in [0.5, 0.6) is 0 Å². The Morgan fingerprint density at radius 1 is 1.32 bits per heavy atom. The third-order valence-corrected chi connectivity index (χ3v) is 3.18. The zero-order valence-electron chi connectivity index (χ0n) is 11.6. The molecule has 0 saturated heterocycles. The molecule has 0 radical (unpaired) electrons. The van der Waals surface area contributed by atoms with E-state index in [9.17, 15) is 4.79 Å². The molecule has 0 aliphatic heterocycles. The van der Waals surface area contributed by atoms with Crippen LogP contribution in [0.2, 0.25) is 0 Å². The number of carbonyl (C=O) groups is 1. The SMILES string of the molecule is CC(C)(CCCO)CNCc1ccccc1C(=O)O. The third-order valence-electron chi connectivity index (χ3n) is 3.18. The number of aliphatic hydroxyl groups is 1. The van der Waals surface area contributed by atoms with Gasteiger partial charge in [-0.15, -0.1) is 0 Å². The standard InChI is InChI=1S/C15H23NO3/c1-15(2,8-5-9-17)11-16-10-12-6-3-4-7-13(12)14(18)19/h3-4,6-7,16-17H,5,8-11H2,1-2H3,(H,18,19). The smallest absolute Gasteiger partial charge is 0.336 e. The van der Waals surface area contributed by atoms with Gasteiger partial charge in [-0.1, -0.05) is 32.0 Å². The van der Waals surface area contributed by atoms with Crippen molar-refractivity contribution in [2.24, 2.45) is 5.41 Å². The van der Waals surface area contributed by atoms with Crippen LogP contribution in [0.1, 0.15) is 42.6 Å². The summed E-state index contributed by atoms with van der Waals surface area (Å²) in [4.78, 5) is 11.1. The van der Waals surface area contributed by atoms with E-state index in [0.717, 1.165) is 24.9 Å². The lowest BCUT2D eigenvalue weighted by atomic mass is 9.88. The van der Waals surface area contributed by atoms with Crippen molar-refractivity contribution in [2.75, 3.05) is 13.2 Å². The average Bonchev–Trinajstić information content (AvgIpc) is 2.36. The number of aliphatic hydroxyl groups excluding tert-OH is 1. The van der Waals surface area contributed by atoms with Gasteiger partial charge in [-0.25, -0.2) is 4.79 Å². The Hall–Kier alpha value is -1.39. The van der Waals surface area contributed by atoms with Gasteiger partial charge in [0.15, 0.2) is 0 Å². The number of benzene rings is 1. The lowest BCUT2D eigenvalue weighted by Crippen LogP contribution is -2.29. The Bertz CT molecular complexity index is 416. The summed E-state index contributed by atoms with van der Waals surface area (Å²) in [7, 11) is 0. The summed E-state index contributed by atoms with van der Waals surface area (Å²) in [5.74, 6) is -0.892. The van der Waals surface area contributed by atoms with Crippen LogP contribution in [0.25, 0.3) is 0 Å². The van der Waals surface area contributed by atoms with Gasteiger partial charge in [-0.05, 0) is 29.9 Å². The van der Waals surface area contributed by atoms with E-state index < -0.39 is 5.97 Å². The first-order chi connectivity index (χ1) is 8.96. The van der Waals surface area contributed by atoms with E-state index in [2.05, 4.69) is 19.2 Å². The van der Waals surface area contributed by atoms with Crippen molar-refractivity contribution in [1.29, 1.82) is 0 Å². The maximum absolute atomic E-state index is 11.1. The number of hydrogen-bond donors (Lipinski definition) is 3. The molecule has 0 atom stereocenters. The molecule has 19 heavy (non-hydrogen) atoms. The average molecular weight is 265 g/mol. The van der Waals surface area contributed by atoms with Crippen LogP contribution in [0.15, 0.2) is 24.3 Å². The van der Waals surface area contributed by atoms with Crippen LogP contribution in [0.4, 0.5) is 0 Å². The van der Waals surface area contributed by atoms with E-state index >= 15 is 0 Å². The predicted molar refractivity (Wildman–Crippen MR) is 75.2 cm³/mol. The molecule has 4 heteroatoms. The van der Waals surface area contributed by atoms with Gasteiger partial charge < -0.3 is 15.5 Å². The molecular formula is C15H23NO3. The van der Waals surface area contributed by atoms with Crippen molar-refractivity contribution < 1.29 is 15.0 Å². The molecule has 0 aliphatic carbocycles. The van der Waals surface area contributed by atoms with Gasteiger partial charge in [-0.2, -0.15) is 0 Å². The summed E-state index contributed by atoms with van der Waals surface area (Å²) in [6, 6.07) is 7.03. The fourth-order valence-corrected chi connectivity index (χ4v) is 2.06. The zero-order valence-corrected chi connectivity index (χ0v) is 11.6. The van der Waals surface area contributed by atoms with Crippen molar-refractivity contribution in [3.05, 3.63) is 35.4 Å². The van der Waals surface area contributed by atoms with E-state index in [-0.39, 0.29) is 12.0 Å². The summed E-state index contributed by atoms with van der Waals surface area (Å²) in [6.45, 7) is 5.83. The highest BCUT2D eigenvalue weighted by Crippen LogP contribution is 2.21. The van der Waals surface area contributed by atoms with Crippen molar-refractivity contribution in [3.63, 3.8) is 0 Å². The molecule has 1 rings (SSSR count). The van der Waals surface area contributed by atoms with Gasteiger partial charge in [0.25, 0.3) is 0 Å². The Balaban J connectivity index is 2.51. The van der Waals surface area contributed by atoms with Gasteiger partial charge in [-0.3, -0.25) is 0 Å². The summed E-state index contributed by atoms with van der Waals surface area (Å²) < 4.78 is 0. The molecule has 0 unspecified atom stereocenters. The van der Waals surface area contributed by atoms with E-state index in [1.165, 1.54) is 0 Å². The molecule has 0 aromatic heterocycles. The molecule has 3 N–H and O–H groups in total. The van der Waals surface area contributed by atoms with Gasteiger partial charge in [0, 0.05) is 19.7 Å². The van der Waals surface area contributed by atoms with Crippen LogP contribution >= 0.6 is 0 Å². The second-order valence-electron chi connectivity index (χ2n) is 5.56. The minimum Gasteiger partial charge on any atom is -0.478 e. The summed E-state index contributed by atoms with van der Waals surface area (Å²) >= 11 is 0. The van der Waals surface area contributed by atoms with Gasteiger partial charge in [0.05, 0.1) is 5.56 Å². The van der Waals surface area contributed by atoms with E-state index in [0.29, 0.717) is 12.1 Å². The Labute approximate surface area is 114 Å². The van der Waals surface area contributed by atoms with Crippen LogP contribution in [-0.4, -0.2) is 29.3 Å². The zero-order chi connectivity index (χ0) is 14.3. The number of carboxylic acids is 1. The Morgan fingerprint density at radius 3 is 2.63 bits per heavy atom. The van der Waals surface area contributed by atoms with Crippen molar-refractivity contribution in [1.82, 2.24) is 5.32 Å². The molecule has 0 fully saturated rings. The molecule has 0 heterocycles. The van der Waals surface area contributed by atoms with Crippen LogP contribution < -0.4 is 5.32 Å². The highest BCUT2D eigenvalue weighted by Gasteiger charge is 2.17. The maximum atomic E-state index is 11.1. The summed E-state index contributed by atoms with van der Waals surface area (Å²) in [5.41, 5.74) is 1.25. The van der Waals surface area contributed by atoms with Crippen LogP contribution in [-0.2, 0) is 6.54 Å². The molecule has 0 bridgehead atoms. The van der Waals surface area contributed by atoms with Crippen molar-refractivity contribution in [3.8, 4) is 0 Å². The molecule has 0 amide bonds. The number of carboxylic acid groups (broad SMARTS) is 1. The normalized spacial score (nSPS) is 11.5. The van der Waals surface area contributed by atoms with E-state index in [1.54, 1.807) is 12.1 Å². The minimum absolute atomic E-state index is 0.0981. The fraction of sp³-hybridized carbons (Fsp3) is 0.533. The number of aromatic carboxylic acids is 1. The molecular weight excluding hydrogens is 242 g/mol.